The van der Waals surface area contributed by atoms with Gasteiger partial charge in [-0.1, -0.05) is 0 Å². The summed E-state index contributed by atoms with van der Waals surface area (Å²) in [6, 6.07) is -0.647. The van der Waals surface area contributed by atoms with Crippen molar-refractivity contribution in [1.29, 1.82) is 0 Å². The van der Waals surface area contributed by atoms with Gasteiger partial charge in [0.25, 0.3) is 0 Å². The molecule has 0 bridgehead atoms. The van der Waals surface area contributed by atoms with E-state index in [1.807, 2.05) is 13.8 Å². The fourth-order valence-corrected chi connectivity index (χ4v) is 1.64. The molecular formula is C9H16N2O2. The first-order valence-electron chi connectivity index (χ1n) is 4.57. The average Bonchev–Trinajstić information content (AvgIpc) is 2.01. The first-order valence-corrected chi connectivity index (χ1v) is 4.57. The van der Waals surface area contributed by atoms with Gasteiger partial charge in [-0.05, 0) is 27.7 Å². The van der Waals surface area contributed by atoms with Crippen LogP contribution in [0.15, 0.2) is 0 Å². The Kier molecular flexibility index (Phi) is 2.59. The van der Waals surface area contributed by atoms with Crippen molar-refractivity contribution in [2.24, 2.45) is 0 Å². The van der Waals surface area contributed by atoms with Crippen LogP contribution in [0.5, 0.6) is 0 Å². The van der Waals surface area contributed by atoms with Gasteiger partial charge in [0.2, 0.25) is 11.8 Å². The Morgan fingerprint density at radius 3 is 2.31 bits per heavy atom. The molecule has 0 aliphatic carbocycles. The molecule has 2 amide bonds. The molecule has 1 saturated heterocycles. The normalized spacial score (nSPS) is 29.5. The average molecular weight is 184 g/mol. The van der Waals surface area contributed by atoms with Crippen LogP contribution in [0, 0.1) is 0 Å². The molecule has 0 spiro atoms. The van der Waals surface area contributed by atoms with Crippen molar-refractivity contribution in [3.63, 3.8) is 0 Å². The number of amides is 2. The third kappa shape index (κ3) is 1.66. The van der Waals surface area contributed by atoms with Crippen LogP contribution >= 0.6 is 0 Å². The van der Waals surface area contributed by atoms with Gasteiger partial charge in [-0.3, -0.25) is 9.59 Å². The molecule has 0 radical (unpaired) electrons. The minimum absolute atomic E-state index is 0.00194. The van der Waals surface area contributed by atoms with E-state index in [4.69, 9.17) is 0 Å². The maximum absolute atomic E-state index is 11.6. The predicted octanol–water partition coefficient (Wildman–Crippen LogP) is 0.130. The monoisotopic (exact) mass is 184 g/mol. The van der Waals surface area contributed by atoms with Crippen molar-refractivity contribution in [1.82, 2.24) is 10.2 Å². The number of hydrogen-bond acceptors (Lipinski definition) is 2. The second kappa shape index (κ2) is 3.36. The molecule has 2 atom stereocenters. The van der Waals surface area contributed by atoms with Gasteiger partial charge in [-0.15, -0.1) is 0 Å². The van der Waals surface area contributed by atoms with Crippen molar-refractivity contribution < 1.29 is 9.59 Å². The Morgan fingerprint density at radius 2 is 1.85 bits per heavy atom. The van der Waals surface area contributed by atoms with Crippen molar-refractivity contribution in [3.8, 4) is 0 Å². The van der Waals surface area contributed by atoms with Gasteiger partial charge in [0.05, 0.1) is 0 Å². The highest BCUT2D eigenvalue weighted by Crippen LogP contribution is 2.12. The molecule has 2 unspecified atom stereocenters. The SMILES string of the molecule is CC1NC(=O)C(C)N(C(C)C)C1=O. The Balaban J connectivity index is 2.88. The zero-order valence-corrected chi connectivity index (χ0v) is 8.50. The zero-order chi connectivity index (χ0) is 10.2. The van der Waals surface area contributed by atoms with Gasteiger partial charge in [0.1, 0.15) is 12.1 Å². The lowest BCUT2D eigenvalue weighted by molar-refractivity contribution is -0.150. The molecule has 0 aromatic carbocycles. The maximum Gasteiger partial charge on any atom is 0.245 e. The molecule has 4 heteroatoms. The molecule has 1 N–H and O–H groups in total. The van der Waals surface area contributed by atoms with Crippen molar-refractivity contribution >= 4 is 11.8 Å². The summed E-state index contributed by atoms with van der Waals surface area (Å²) in [5, 5.41) is 2.63. The maximum atomic E-state index is 11.6. The molecule has 13 heavy (non-hydrogen) atoms. The first kappa shape index (κ1) is 10.0. The van der Waals surface area contributed by atoms with Gasteiger partial charge >= 0.3 is 0 Å². The lowest BCUT2D eigenvalue weighted by Crippen LogP contribution is -2.63. The lowest BCUT2D eigenvalue weighted by atomic mass is 10.1. The van der Waals surface area contributed by atoms with Crippen LogP contribution in [0.4, 0.5) is 0 Å². The summed E-state index contributed by atoms with van der Waals surface area (Å²) in [5.74, 6) is -0.0668. The van der Waals surface area contributed by atoms with E-state index in [-0.39, 0.29) is 29.9 Å². The minimum Gasteiger partial charge on any atom is -0.343 e. The summed E-state index contributed by atoms with van der Waals surface area (Å²) in [5.41, 5.74) is 0. The number of carbonyl (C=O) groups excluding carboxylic acids is 2. The van der Waals surface area contributed by atoms with Crippen LogP contribution in [0.3, 0.4) is 0 Å². The van der Waals surface area contributed by atoms with Crippen LogP contribution in [0.2, 0.25) is 0 Å². The van der Waals surface area contributed by atoms with Gasteiger partial charge in [-0.25, -0.2) is 0 Å². The van der Waals surface area contributed by atoms with Crippen LogP contribution in [-0.4, -0.2) is 34.8 Å². The van der Waals surface area contributed by atoms with E-state index in [2.05, 4.69) is 5.32 Å². The first-order chi connectivity index (χ1) is 5.95. The summed E-state index contributed by atoms with van der Waals surface area (Å²) in [6.45, 7) is 7.29. The topological polar surface area (TPSA) is 49.4 Å². The van der Waals surface area contributed by atoms with Crippen LogP contribution in [0.25, 0.3) is 0 Å². The van der Waals surface area contributed by atoms with E-state index in [0.717, 1.165) is 0 Å². The highest BCUT2D eigenvalue weighted by Gasteiger charge is 2.36. The summed E-state index contributed by atoms with van der Waals surface area (Å²) >= 11 is 0. The van der Waals surface area contributed by atoms with E-state index in [0.29, 0.717) is 0 Å². The van der Waals surface area contributed by atoms with Crippen molar-refractivity contribution in [2.75, 3.05) is 0 Å². The summed E-state index contributed by atoms with van der Waals surface area (Å²) in [4.78, 5) is 24.6. The van der Waals surface area contributed by atoms with Crippen LogP contribution in [0.1, 0.15) is 27.7 Å². The quantitative estimate of drug-likeness (QED) is 0.629. The third-order valence-electron chi connectivity index (χ3n) is 2.34. The smallest absolute Gasteiger partial charge is 0.245 e. The molecule has 0 saturated carbocycles. The van der Waals surface area contributed by atoms with Crippen LogP contribution < -0.4 is 5.32 Å². The van der Waals surface area contributed by atoms with Gasteiger partial charge in [0.15, 0.2) is 0 Å². The molecular weight excluding hydrogens is 168 g/mol. The molecule has 4 nitrogen and oxygen atoms in total. The molecule has 1 rings (SSSR count). The number of nitrogens with zero attached hydrogens (tertiary/aromatic N) is 1. The standard InChI is InChI=1S/C9H16N2O2/c1-5(2)11-7(4)8(12)10-6(3)9(11)13/h5-7H,1-4H3,(H,10,12). The molecule has 1 fully saturated rings. The van der Waals surface area contributed by atoms with Gasteiger partial charge in [-0.2, -0.15) is 0 Å². The predicted molar refractivity (Wildman–Crippen MR) is 49.0 cm³/mol. The summed E-state index contributed by atoms with van der Waals surface area (Å²) < 4.78 is 0. The number of carbonyl (C=O) groups is 2. The highest BCUT2D eigenvalue weighted by molar-refractivity contribution is 5.96. The Labute approximate surface area is 78.3 Å². The Bertz CT molecular complexity index is 238. The van der Waals surface area contributed by atoms with Crippen molar-refractivity contribution in [3.05, 3.63) is 0 Å². The van der Waals surface area contributed by atoms with E-state index >= 15 is 0 Å². The third-order valence-corrected chi connectivity index (χ3v) is 2.34. The summed E-state index contributed by atoms with van der Waals surface area (Å²) in [6.07, 6.45) is 0. The fourth-order valence-electron chi connectivity index (χ4n) is 1.64. The Hall–Kier alpha value is -1.06. The lowest BCUT2D eigenvalue weighted by Gasteiger charge is -2.38. The zero-order valence-electron chi connectivity index (χ0n) is 8.50. The van der Waals surface area contributed by atoms with Crippen LogP contribution in [-0.2, 0) is 9.59 Å². The van der Waals surface area contributed by atoms with E-state index in [1.165, 1.54) is 0 Å². The van der Waals surface area contributed by atoms with E-state index < -0.39 is 0 Å². The molecule has 0 aromatic heterocycles. The molecule has 1 aliphatic heterocycles. The van der Waals surface area contributed by atoms with Crippen molar-refractivity contribution in [2.45, 2.75) is 45.8 Å². The molecule has 74 valence electrons. The minimum atomic E-state index is -0.383. The van der Waals surface area contributed by atoms with Gasteiger partial charge in [0, 0.05) is 6.04 Å². The number of hydrogen-bond donors (Lipinski definition) is 1. The number of nitrogens with one attached hydrogen (secondary N) is 1. The molecule has 0 aromatic rings. The largest absolute Gasteiger partial charge is 0.343 e. The molecule has 1 heterocycles. The van der Waals surface area contributed by atoms with E-state index in [9.17, 15) is 9.59 Å². The second-order valence-electron chi connectivity index (χ2n) is 3.75. The number of piperazine rings is 1. The second-order valence-corrected chi connectivity index (χ2v) is 3.75. The Morgan fingerprint density at radius 1 is 1.31 bits per heavy atom. The highest BCUT2D eigenvalue weighted by atomic mass is 16.2. The van der Waals surface area contributed by atoms with E-state index in [1.54, 1.807) is 18.7 Å². The molecule has 1 aliphatic rings. The summed E-state index contributed by atoms with van der Waals surface area (Å²) in [7, 11) is 0. The van der Waals surface area contributed by atoms with Gasteiger partial charge < -0.3 is 10.2 Å². The fraction of sp³-hybridized carbons (Fsp3) is 0.778. The number of rotatable bonds is 1.